The lowest BCUT2D eigenvalue weighted by Crippen LogP contribution is -2.50. The number of carboxylic acid groups (broad SMARTS) is 1. The van der Waals surface area contributed by atoms with Crippen LogP contribution in [-0.2, 0) is 26.2 Å². The summed E-state index contributed by atoms with van der Waals surface area (Å²) in [5, 5.41) is 10.4. The molecule has 0 unspecified atom stereocenters. The molecule has 220 valence electrons. The standard InChI is InChI=1S/C25H34N4O3S.C2HF3O2/c30-25(28-19-14-26-15-20-28)13-18-29(33(31,32)24-9-5-2-6-10-24)23-11-16-27(17-12-23)21-22-7-3-1-4-8-22;3-2(4,5)1(6)7/h1-10,23,26H,11-21H2;(H,6,7). The molecule has 0 aliphatic carbocycles. The van der Waals surface area contributed by atoms with Crippen LogP contribution in [0.25, 0.3) is 0 Å². The zero-order chi connectivity index (χ0) is 29.2. The SMILES string of the molecule is O=C(CCN(C1CCN(Cc2ccccc2)CC1)S(=O)(=O)c1ccccc1)N1CCNCC1.O=C(O)C(F)(F)F. The van der Waals surface area contributed by atoms with Crippen LogP contribution in [0.2, 0.25) is 0 Å². The smallest absolute Gasteiger partial charge is 0.475 e. The van der Waals surface area contributed by atoms with E-state index in [-0.39, 0.29) is 24.9 Å². The number of aliphatic carboxylic acids is 1. The van der Waals surface area contributed by atoms with Crippen LogP contribution in [0, 0.1) is 0 Å². The van der Waals surface area contributed by atoms with Crippen LogP contribution in [-0.4, -0.2) is 97.5 Å². The molecule has 0 radical (unpaired) electrons. The molecule has 40 heavy (non-hydrogen) atoms. The summed E-state index contributed by atoms with van der Waals surface area (Å²) in [4.78, 5) is 26.2. The van der Waals surface area contributed by atoms with Gasteiger partial charge < -0.3 is 15.3 Å². The Kier molecular flexibility index (Phi) is 11.5. The number of piperazine rings is 1. The molecule has 0 aromatic heterocycles. The Morgan fingerprint density at radius 2 is 1.45 bits per heavy atom. The highest BCUT2D eigenvalue weighted by Gasteiger charge is 2.38. The monoisotopic (exact) mass is 584 g/mol. The molecule has 0 saturated carbocycles. The average Bonchev–Trinajstić information content (AvgIpc) is 2.95. The van der Waals surface area contributed by atoms with Gasteiger partial charge in [0.1, 0.15) is 0 Å². The van der Waals surface area contributed by atoms with Gasteiger partial charge in [-0.1, -0.05) is 48.5 Å². The second-order valence-electron chi connectivity index (χ2n) is 9.61. The molecule has 2 aromatic rings. The van der Waals surface area contributed by atoms with E-state index in [0.717, 1.165) is 45.6 Å². The number of rotatable bonds is 8. The van der Waals surface area contributed by atoms with Gasteiger partial charge in [0.2, 0.25) is 15.9 Å². The summed E-state index contributed by atoms with van der Waals surface area (Å²) in [6.07, 6.45) is -3.34. The fourth-order valence-corrected chi connectivity index (χ4v) is 6.42. The van der Waals surface area contributed by atoms with Crippen LogP contribution >= 0.6 is 0 Å². The van der Waals surface area contributed by atoms with Gasteiger partial charge in [-0.3, -0.25) is 9.69 Å². The molecule has 2 aliphatic heterocycles. The normalized spacial score (nSPS) is 17.2. The number of alkyl halides is 3. The molecular formula is C27H35F3N4O5S. The summed E-state index contributed by atoms with van der Waals surface area (Å²) >= 11 is 0. The highest BCUT2D eigenvalue weighted by molar-refractivity contribution is 7.89. The van der Waals surface area contributed by atoms with Crippen LogP contribution in [0.5, 0.6) is 0 Å². The van der Waals surface area contributed by atoms with Gasteiger partial charge in [0.25, 0.3) is 0 Å². The van der Waals surface area contributed by atoms with Crippen LogP contribution in [0.3, 0.4) is 0 Å². The Morgan fingerprint density at radius 3 is 1.98 bits per heavy atom. The van der Waals surface area contributed by atoms with Crippen molar-refractivity contribution in [2.45, 2.75) is 42.9 Å². The van der Waals surface area contributed by atoms with E-state index in [9.17, 15) is 26.4 Å². The number of hydrogen-bond donors (Lipinski definition) is 2. The fourth-order valence-electron chi connectivity index (χ4n) is 4.71. The van der Waals surface area contributed by atoms with Crippen molar-refractivity contribution in [1.82, 2.24) is 19.4 Å². The summed E-state index contributed by atoms with van der Waals surface area (Å²) < 4.78 is 60.5. The van der Waals surface area contributed by atoms with Crippen molar-refractivity contribution in [3.05, 3.63) is 66.2 Å². The lowest BCUT2D eigenvalue weighted by atomic mass is 10.0. The Hall–Kier alpha value is -3.00. The number of carbonyl (C=O) groups is 2. The molecule has 0 atom stereocenters. The molecule has 0 bridgehead atoms. The summed E-state index contributed by atoms with van der Waals surface area (Å²) in [5.41, 5.74) is 1.27. The van der Waals surface area contributed by atoms with Crippen molar-refractivity contribution in [3.8, 4) is 0 Å². The molecule has 2 aromatic carbocycles. The molecule has 0 spiro atoms. The molecule has 4 rings (SSSR count). The van der Waals surface area contributed by atoms with Crippen molar-refractivity contribution in [1.29, 1.82) is 0 Å². The van der Waals surface area contributed by atoms with E-state index in [1.54, 1.807) is 28.6 Å². The van der Waals surface area contributed by atoms with E-state index in [1.165, 1.54) is 5.56 Å². The minimum absolute atomic E-state index is 0.0336. The molecule has 2 saturated heterocycles. The van der Waals surface area contributed by atoms with Gasteiger partial charge in [-0.15, -0.1) is 0 Å². The minimum Gasteiger partial charge on any atom is -0.475 e. The number of halogens is 3. The second kappa shape index (κ2) is 14.6. The van der Waals surface area contributed by atoms with Gasteiger partial charge in [0.05, 0.1) is 4.90 Å². The first-order valence-electron chi connectivity index (χ1n) is 13.1. The van der Waals surface area contributed by atoms with Gasteiger partial charge >= 0.3 is 12.1 Å². The van der Waals surface area contributed by atoms with Crippen LogP contribution < -0.4 is 5.32 Å². The first-order valence-corrected chi connectivity index (χ1v) is 14.5. The maximum absolute atomic E-state index is 13.6. The van der Waals surface area contributed by atoms with Crippen molar-refractivity contribution in [2.24, 2.45) is 0 Å². The average molecular weight is 585 g/mol. The van der Waals surface area contributed by atoms with Gasteiger partial charge in [-0.25, -0.2) is 13.2 Å². The Bertz CT molecular complexity index is 1190. The Balaban J connectivity index is 0.000000559. The number of benzene rings is 2. The second-order valence-corrected chi connectivity index (χ2v) is 11.5. The summed E-state index contributed by atoms with van der Waals surface area (Å²) in [5.74, 6) is -2.72. The first-order chi connectivity index (χ1) is 19.0. The molecule has 2 aliphatic rings. The van der Waals surface area contributed by atoms with Gasteiger partial charge in [-0.2, -0.15) is 17.5 Å². The molecule has 2 N–H and O–H groups in total. The number of likely N-dealkylation sites (tertiary alicyclic amines) is 1. The number of nitrogens with one attached hydrogen (secondary N) is 1. The molecule has 9 nitrogen and oxygen atoms in total. The predicted octanol–water partition coefficient (Wildman–Crippen LogP) is 2.80. The van der Waals surface area contributed by atoms with Crippen molar-refractivity contribution in [3.63, 3.8) is 0 Å². The third-order valence-corrected chi connectivity index (χ3v) is 8.79. The number of amides is 1. The summed E-state index contributed by atoms with van der Waals surface area (Å²) in [6, 6.07) is 18.9. The molecule has 2 fully saturated rings. The number of piperidine rings is 1. The predicted molar refractivity (Wildman–Crippen MR) is 143 cm³/mol. The minimum atomic E-state index is -5.08. The first kappa shape index (κ1) is 31.5. The zero-order valence-corrected chi connectivity index (χ0v) is 22.9. The largest absolute Gasteiger partial charge is 0.490 e. The van der Waals surface area contributed by atoms with E-state index in [4.69, 9.17) is 9.90 Å². The maximum Gasteiger partial charge on any atom is 0.490 e. The number of carbonyl (C=O) groups excluding carboxylic acids is 1. The lowest BCUT2D eigenvalue weighted by Gasteiger charge is -2.38. The Labute approximate surface area is 232 Å². The highest BCUT2D eigenvalue weighted by atomic mass is 32.2. The van der Waals surface area contributed by atoms with Crippen molar-refractivity contribution in [2.75, 3.05) is 45.8 Å². The van der Waals surface area contributed by atoms with Crippen LogP contribution in [0.4, 0.5) is 13.2 Å². The van der Waals surface area contributed by atoms with E-state index in [0.29, 0.717) is 18.0 Å². The number of hydrogen-bond acceptors (Lipinski definition) is 6. The summed E-state index contributed by atoms with van der Waals surface area (Å²) in [7, 11) is -3.67. The number of nitrogens with zero attached hydrogens (tertiary/aromatic N) is 3. The maximum atomic E-state index is 13.6. The van der Waals surface area contributed by atoms with E-state index in [1.807, 2.05) is 29.2 Å². The third-order valence-electron chi connectivity index (χ3n) is 6.82. The molecule has 13 heteroatoms. The summed E-state index contributed by atoms with van der Waals surface area (Å²) in [6.45, 7) is 5.72. The quantitative estimate of drug-likeness (QED) is 0.491. The Morgan fingerprint density at radius 1 is 0.925 bits per heavy atom. The van der Waals surface area contributed by atoms with Crippen molar-refractivity contribution >= 4 is 21.9 Å². The number of sulfonamides is 1. The lowest BCUT2D eigenvalue weighted by molar-refractivity contribution is -0.192. The van der Waals surface area contributed by atoms with Crippen LogP contribution in [0.15, 0.2) is 65.6 Å². The van der Waals surface area contributed by atoms with E-state index in [2.05, 4.69) is 22.3 Å². The number of carboxylic acids is 1. The topological polar surface area (TPSA) is 110 Å². The third kappa shape index (κ3) is 9.29. The zero-order valence-electron chi connectivity index (χ0n) is 22.1. The van der Waals surface area contributed by atoms with Gasteiger partial charge in [0, 0.05) is 64.8 Å². The van der Waals surface area contributed by atoms with Gasteiger partial charge in [-0.05, 0) is 30.5 Å². The van der Waals surface area contributed by atoms with Gasteiger partial charge in [0.15, 0.2) is 0 Å². The van der Waals surface area contributed by atoms with Crippen molar-refractivity contribution < 1.29 is 36.3 Å². The van der Waals surface area contributed by atoms with E-state index >= 15 is 0 Å². The van der Waals surface area contributed by atoms with Crippen LogP contribution in [0.1, 0.15) is 24.8 Å². The molecule has 2 heterocycles. The fraction of sp³-hybridized carbons (Fsp3) is 0.481. The highest BCUT2D eigenvalue weighted by Crippen LogP contribution is 2.25. The van der Waals surface area contributed by atoms with E-state index < -0.39 is 22.2 Å². The molecular weight excluding hydrogens is 549 g/mol. The molecule has 1 amide bonds.